The van der Waals surface area contributed by atoms with Gasteiger partial charge in [-0.2, -0.15) is 0 Å². The summed E-state index contributed by atoms with van der Waals surface area (Å²) in [5.41, 5.74) is 0.670. The molecule has 2 aromatic rings. The predicted octanol–water partition coefficient (Wildman–Crippen LogP) is 2.68. The molecular formula is C21H25N3O3. The molecule has 1 amide bonds. The van der Waals surface area contributed by atoms with Crippen molar-refractivity contribution in [2.45, 2.75) is 13.0 Å². The molecule has 1 aromatic carbocycles. The number of nitrogens with zero attached hydrogens (tertiary/aromatic N) is 2. The average molecular weight is 367 g/mol. The Morgan fingerprint density at radius 1 is 1.30 bits per heavy atom. The third-order valence-corrected chi connectivity index (χ3v) is 5.33. The van der Waals surface area contributed by atoms with Crippen LogP contribution in [0.5, 0.6) is 5.75 Å². The van der Waals surface area contributed by atoms with Crippen LogP contribution in [-0.2, 0) is 4.74 Å². The highest BCUT2D eigenvalue weighted by Gasteiger charge is 2.45. The fourth-order valence-corrected chi connectivity index (χ4v) is 3.95. The molecule has 0 aliphatic carbocycles. The minimum atomic E-state index is 0.0472. The van der Waals surface area contributed by atoms with Gasteiger partial charge in [0, 0.05) is 43.2 Å². The highest BCUT2D eigenvalue weighted by Crippen LogP contribution is 2.34. The number of ether oxygens (including phenoxy) is 2. The molecule has 6 heteroatoms. The lowest BCUT2D eigenvalue weighted by Crippen LogP contribution is -2.32. The van der Waals surface area contributed by atoms with Gasteiger partial charge in [0.05, 0.1) is 19.3 Å². The number of carbonyl (C=O) groups is 1. The Morgan fingerprint density at radius 2 is 2.22 bits per heavy atom. The van der Waals surface area contributed by atoms with Crippen LogP contribution in [0.15, 0.2) is 48.7 Å². The average Bonchev–Trinajstić information content (AvgIpc) is 3.28. The van der Waals surface area contributed by atoms with E-state index in [1.165, 1.54) is 0 Å². The van der Waals surface area contributed by atoms with Gasteiger partial charge in [0.25, 0.3) is 5.91 Å². The van der Waals surface area contributed by atoms with Gasteiger partial charge >= 0.3 is 0 Å². The Morgan fingerprint density at radius 3 is 3.04 bits per heavy atom. The van der Waals surface area contributed by atoms with E-state index < -0.39 is 0 Å². The van der Waals surface area contributed by atoms with E-state index in [2.05, 4.69) is 10.3 Å². The maximum Gasteiger partial charge on any atom is 0.254 e. The summed E-state index contributed by atoms with van der Waals surface area (Å²) in [6.45, 7) is 5.45. The van der Waals surface area contributed by atoms with Gasteiger partial charge in [-0.15, -0.1) is 0 Å². The predicted molar refractivity (Wildman–Crippen MR) is 103 cm³/mol. The molecule has 1 aromatic heterocycles. The zero-order valence-electron chi connectivity index (χ0n) is 15.5. The summed E-state index contributed by atoms with van der Waals surface area (Å²) < 4.78 is 11.5. The van der Waals surface area contributed by atoms with Crippen LogP contribution in [0.2, 0.25) is 0 Å². The molecule has 27 heavy (non-hydrogen) atoms. The van der Waals surface area contributed by atoms with Crippen LogP contribution in [0.4, 0.5) is 5.82 Å². The number of hydrogen-bond acceptors (Lipinski definition) is 5. The Kier molecular flexibility index (Phi) is 5.25. The summed E-state index contributed by atoms with van der Waals surface area (Å²) in [7, 11) is 0. The summed E-state index contributed by atoms with van der Waals surface area (Å²) in [4.78, 5) is 19.1. The monoisotopic (exact) mass is 367 g/mol. The van der Waals surface area contributed by atoms with E-state index in [1.54, 1.807) is 6.20 Å². The van der Waals surface area contributed by atoms with Crippen molar-refractivity contribution in [3.05, 3.63) is 54.2 Å². The summed E-state index contributed by atoms with van der Waals surface area (Å²) in [6, 6.07) is 13.2. The lowest BCUT2D eigenvalue weighted by atomic mass is 9.93. The van der Waals surface area contributed by atoms with Crippen LogP contribution >= 0.6 is 0 Å². The number of aromatic nitrogens is 1. The van der Waals surface area contributed by atoms with Crippen molar-refractivity contribution in [1.82, 2.24) is 9.88 Å². The van der Waals surface area contributed by atoms with Crippen molar-refractivity contribution < 1.29 is 14.3 Å². The van der Waals surface area contributed by atoms with E-state index in [9.17, 15) is 4.79 Å². The first-order chi connectivity index (χ1) is 13.2. The van der Waals surface area contributed by atoms with Gasteiger partial charge in [-0.25, -0.2) is 4.98 Å². The number of hydrogen-bond donors (Lipinski definition) is 1. The molecule has 2 aliphatic heterocycles. The van der Waals surface area contributed by atoms with Gasteiger partial charge in [0.15, 0.2) is 0 Å². The lowest BCUT2D eigenvalue weighted by Gasteiger charge is -2.20. The largest absolute Gasteiger partial charge is 0.494 e. The molecule has 0 unspecified atom stereocenters. The normalized spacial score (nSPS) is 23.9. The quantitative estimate of drug-likeness (QED) is 0.850. The van der Waals surface area contributed by atoms with Crippen molar-refractivity contribution in [3.8, 4) is 5.75 Å². The van der Waals surface area contributed by atoms with E-state index >= 15 is 0 Å². The molecule has 3 atom stereocenters. The molecule has 142 valence electrons. The standard InChI is InChI=1S/C21H25N3O3/c1-2-26-17-7-5-6-15(10-17)21(25)24-12-18-16(14-27-19(18)13-24)11-23-20-8-3-4-9-22-20/h3-10,16,18-19H,2,11-14H2,1H3,(H,22,23)/t16-,18+,19+/m1/s1. The van der Waals surface area contributed by atoms with Crippen molar-refractivity contribution in [2.75, 3.05) is 38.2 Å². The number of nitrogens with one attached hydrogen (secondary N) is 1. The molecule has 2 aliphatic rings. The number of anilines is 1. The summed E-state index contributed by atoms with van der Waals surface area (Å²) >= 11 is 0. The van der Waals surface area contributed by atoms with Crippen LogP contribution in [0, 0.1) is 11.8 Å². The van der Waals surface area contributed by atoms with Gasteiger partial charge in [-0.05, 0) is 37.3 Å². The van der Waals surface area contributed by atoms with E-state index in [0.29, 0.717) is 30.6 Å². The second-order valence-electron chi connectivity index (χ2n) is 7.06. The molecule has 0 spiro atoms. The van der Waals surface area contributed by atoms with E-state index in [4.69, 9.17) is 9.47 Å². The lowest BCUT2D eigenvalue weighted by molar-refractivity contribution is 0.0680. The molecule has 0 radical (unpaired) electrons. The Labute approximate surface area is 159 Å². The van der Waals surface area contributed by atoms with Gasteiger partial charge in [-0.1, -0.05) is 12.1 Å². The number of fused-ring (bicyclic) bond motifs is 1. The first-order valence-corrected chi connectivity index (χ1v) is 9.53. The molecule has 1 N–H and O–H groups in total. The number of likely N-dealkylation sites (tertiary alicyclic amines) is 1. The number of rotatable bonds is 6. The summed E-state index contributed by atoms with van der Waals surface area (Å²) in [5, 5.41) is 3.39. The minimum absolute atomic E-state index is 0.0472. The van der Waals surface area contributed by atoms with Gasteiger partial charge in [0.2, 0.25) is 0 Å². The Hall–Kier alpha value is -2.60. The van der Waals surface area contributed by atoms with Crippen LogP contribution < -0.4 is 10.1 Å². The third-order valence-electron chi connectivity index (χ3n) is 5.33. The van der Waals surface area contributed by atoms with Crippen LogP contribution in [0.3, 0.4) is 0 Å². The highest BCUT2D eigenvalue weighted by molar-refractivity contribution is 5.94. The first kappa shape index (κ1) is 17.8. The second-order valence-corrected chi connectivity index (χ2v) is 7.06. The zero-order valence-corrected chi connectivity index (χ0v) is 15.5. The molecule has 4 rings (SSSR count). The van der Waals surface area contributed by atoms with Crippen LogP contribution in [0.1, 0.15) is 17.3 Å². The number of amides is 1. The molecular weight excluding hydrogens is 342 g/mol. The van der Waals surface area contributed by atoms with E-state index in [-0.39, 0.29) is 12.0 Å². The molecule has 0 saturated carbocycles. The SMILES string of the molecule is CCOc1cccc(C(=O)N2C[C@H]3[C@H](CNc4ccccn4)CO[C@H]3C2)c1. The van der Waals surface area contributed by atoms with Crippen LogP contribution in [0.25, 0.3) is 0 Å². The molecule has 2 saturated heterocycles. The van der Waals surface area contributed by atoms with Crippen molar-refractivity contribution in [3.63, 3.8) is 0 Å². The zero-order chi connectivity index (χ0) is 18.6. The molecule has 6 nitrogen and oxygen atoms in total. The smallest absolute Gasteiger partial charge is 0.254 e. The Balaban J connectivity index is 1.37. The minimum Gasteiger partial charge on any atom is -0.494 e. The fraction of sp³-hybridized carbons (Fsp3) is 0.429. The van der Waals surface area contributed by atoms with Crippen LogP contribution in [-0.4, -0.2) is 54.7 Å². The topological polar surface area (TPSA) is 63.7 Å². The molecule has 3 heterocycles. The number of carbonyl (C=O) groups excluding carboxylic acids is 1. The van der Waals surface area contributed by atoms with Gasteiger partial charge in [0.1, 0.15) is 11.6 Å². The van der Waals surface area contributed by atoms with Gasteiger partial charge < -0.3 is 19.7 Å². The van der Waals surface area contributed by atoms with E-state index in [0.717, 1.165) is 31.3 Å². The Bertz CT molecular complexity index is 783. The first-order valence-electron chi connectivity index (χ1n) is 9.53. The van der Waals surface area contributed by atoms with Crippen molar-refractivity contribution in [1.29, 1.82) is 0 Å². The maximum atomic E-state index is 12.9. The summed E-state index contributed by atoms with van der Waals surface area (Å²) in [6.07, 6.45) is 1.90. The van der Waals surface area contributed by atoms with E-state index in [1.807, 2.05) is 54.3 Å². The number of pyridine rings is 1. The number of benzene rings is 1. The molecule has 0 bridgehead atoms. The molecule has 2 fully saturated rings. The second kappa shape index (κ2) is 7.96. The third kappa shape index (κ3) is 3.90. The van der Waals surface area contributed by atoms with Gasteiger partial charge in [-0.3, -0.25) is 4.79 Å². The maximum absolute atomic E-state index is 12.9. The summed E-state index contributed by atoms with van der Waals surface area (Å²) in [5.74, 6) is 2.40. The van der Waals surface area contributed by atoms with Crippen molar-refractivity contribution >= 4 is 11.7 Å². The van der Waals surface area contributed by atoms with Crippen molar-refractivity contribution in [2.24, 2.45) is 11.8 Å². The highest BCUT2D eigenvalue weighted by atomic mass is 16.5. The fourth-order valence-electron chi connectivity index (χ4n) is 3.95.